The second-order valence-corrected chi connectivity index (χ2v) is 4.84. The highest BCUT2D eigenvalue weighted by Gasteiger charge is 2.38. The van der Waals surface area contributed by atoms with Crippen molar-refractivity contribution >= 4 is 46.4 Å². The molecule has 0 fully saturated rings. The van der Waals surface area contributed by atoms with Gasteiger partial charge in [-0.1, -0.05) is 34.8 Å². The summed E-state index contributed by atoms with van der Waals surface area (Å²) in [5.41, 5.74) is 0. The lowest BCUT2D eigenvalue weighted by molar-refractivity contribution is -0.194. The number of aliphatic hydroxyl groups is 1. The van der Waals surface area contributed by atoms with Crippen LogP contribution in [0.1, 0.15) is 0 Å². The van der Waals surface area contributed by atoms with E-state index in [1.54, 1.807) is 0 Å². The first-order valence-electron chi connectivity index (χ1n) is 2.56. The lowest BCUT2D eigenvalue weighted by atomic mass is 10.6. The van der Waals surface area contributed by atoms with Crippen LogP contribution < -0.4 is 0 Å². The van der Waals surface area contributed by atoms with Crippen LogP contribution >= 0.6 is 46.4 Å². The van der Waals surface area contributed by atoms with Crippen LogP contribution in [0.15, 0.2) is 0 Å². The molecule has 2 nitrogen and oxygen atoms in total. The summed E-state index contributed by atoms with van der Waals surface area (Å²) in [6.07, 6.45) is -2.49. The molecule has 0 aliphatic rings. The van der Waals surface area contributed by atoms with E-state index in [4.69, 9.17) is 39.9 Å². The van der Waals surface area contributed by atoms with Crippen molar-refractivity contribution in [3.8, 4) is 0 Å². The van der Waals surface area contributed by atoms with Crippen molar-refractivity contribution in [2.75, 3.05) is 6.61 Å². The number of ether oxygens (including phenoxy) is 1. The Bertz CT molecular complexity index is 143. The van der Waals surface area contributed by atoms with E-state index < -0.39 is 22.1 Å². The van der Waals surface area contributed by atoms with E-state index in [1.807, 2.05) is 0 Å². The average molecular weight is 264 g/mol. The van der Waals surface area contributed by atoms with Crippen LogP contribution in [0, 0.1) is 0 Å². The molecule has 0 saturated carbocycles. The molecule has 0 rings (SSSR count). The number of rotatable bonds is 3. The average Bonchev–Trinajstić information content (AvgIpc) is 1.78. The number of hydrogen-bond donors (Lipinski definition) is 1. The molecule has 0 bridgehead atoms. The number of halogens is 6. The topological polar surface area (TPSA) is 29.5 Å². The highest BCUT2D eigenvalue weighted by molar-refractivity contribution is 6.67. The summed E-state index contributed by atoms with van der Waals surface area (Å²) in [4.78, 5) is 0. The van der Waals surface area contributed by atoms with E-state index >= 15 is 0 Å². The van der Waals surface area contributed by atoms with Crippen molar-refractivity contribution < 1.29 is 18.6 Å². The maximum Gasteiger partial charge on any atom is 0.371 e. The monoisotopic (exact) mass is 262 g/mol. The summed E-state index contributed by atoms with van der Waals surface area (Å²) < 4.78 is 26.1. The Morgan fingerprint density at radius 1 is 1.25 bits per heavy atom. The third-order valence-electron chi connectivity index (χ3n) is 0.685. The van der Waals surface area contributed by atoms with Crippen LogP contribution in [0.4, 0.5) is 8.78 Å². The van der Waals surface area contributed by atoms with E-state index in [9.17, 15) is 8.78 Å². The molecule has 1 unspecified atom stereocenters. The Morgan fingerprint density at radius 2 is 1.67 bits per heavy atom. The predicted molar refractivity (Wildman–Crippen MR) is 43.0 cm³/mol. The maximum atomic E-state index is 12.0. The first-order chi connectivity index (χ1) is 5.13. The summed E-state index contributed by atoms with van der Waals surface area (Å²) in [6, 6.07) is 0. The molecule has 1 atom stereocenters. The van der Waals surface area contributed by atoms with Gasteiger partial charge in [0.1, 0.15) is 0 Å². The highest BCUT2D eigenvalue weighted by atomic mass is 35.6. The molecular formula is C4H4Cl4F2O2. The van der Waals surface area contributed by atoms with Gasteiger partial charge in [-0.05, 0) is 11.6 Å². The van der Waals surface area contributed by atoms with Crippen LogP contribution in [0.5, 0.6) is 0 Å². The second-order valence-electron chi connectivity index (χ2n) is 1.82. The quantitative estimate of drug-likeness (QED) is 0.626. The minimum Gasteiger partial charge on any atom is -0.362 e. The van der Waals surface area contributed by atoms with E-state index in [2.05, 4.69) is 16.3 Å². The molecule has 0 heterocycles. The van der Waals surface area contributed by atoms with E-state index in [1.165, 1.54) is 0 Å². The predicted octanol–water partition coefficient (Wildman–Crippen LogP) is 2.52. The molecule has 0 aromatic heterocycles. The standard InChI is InChI=1S/C4H4Cl4F2O2/c5-3(6,7)1-12-2(11)4(8,9)10/h2,11H,1H2. The van der Waals surface area contributed by atoms with Crippen LogP contribution in [-0.4, -0.2) is 27.2 Å². The SMILES string of the molecule is OC(OCC(Cl)(Cl)Cl)C(F)(F)Cl. The normalized spacial score (nSPS) is 16.2. The third kappa shape index (κ3) is 6.46. The zero-order chi connectivity index (χ0) is 9.99. The van der Waals surface area contributed by atoms with Gasteiger partial charge in [0, 0.05) is 0 Å². The Morgan fingerprint density at radius 3 is 1.92 bits per heavy atom. The maximum absolute atomic E-state index is 12.0. The molecule has 0 aliphatic heterocycles. The van der Waals surface area contributed by atoms with Crippen molar-refractivity contribution in [2.45, 2.75) is 15.5 Å². The van der Waals surface area contributed by atoms with Crippen molar-refractivity contribution in [1.82, 2.24) is 0 Å². The van der Waals surface area contributed by atoms with Gasteiger partial charge in [-0.15, -0.1) is 0 Å². The third-order valence-corrected chi connectivity index (χ3v) is 1.20. The largest absolute Gasteiger partial charge is 0.371 e. The fraction of sp³-hybridized carbons (Fsp3) is 1.00. The van der Waals surface area contributed by atoms with Crippen molar-refractivity contribution in [2.24, 2.45) is 0 Å². The first-order valence-corrected chi connectivity index (χ1v) is 4.07. The fourth-order valence-corrected chi connectivity index (χ4v) is 0.520. The first kappa shape index (κ1) is 12.9. The molecule has 1 N–H and O–H groups in total. The van der Waals surface area contributed by atoms with Crippen molar-refractivity contribution in [1.29, 1.82) is 0 Å². The van der Waals surface area contributed by atoms with Crippen LogP contribution in [0.2, 0.25) is 0 Å². The summed E-state index contributed by atoms with van der Waals surface area (Å²) >= 11 is 19.8. The van der Waals surface area contributed by atoms with Gasteiger partial charge >= 0.3 is 5.38 Å². The van der Waals surface area contributed by atoms with E-state index in [0.717, 1.165) is 0 Å². The van der Waals surface area contributed by atoms with Gasteiger partial charge in [0.25, 0.3) is 0 Å². The molecule has 74 valence electrons. The molecule has 12 heavy (non-hydrogen) atoms. The minimum atomic E-state index is -3.89. The van der Waals surface area contributed by atoms with Crippen LogP contribution in [-0.2, 0) is 4.74 Å². The number of alkyl halides is 6. The molecular weight excluding hydrogens is 260 g/mol. The lowest BCUT2D eigenvalue weighted by Crippen LogP contribution is -2.33. The Balaban J connectivity index is 3.80. The summed E-state index contributed by atoms with van der Waals surface area (Å²) in [5.74, 6) is 0. The number of aliphatic hydroxyl groups excluding tert-OH is 1. The van der Waals surface area contributed by atoms with Gasteiger partial charge in [0.05, 0.1) is 6.61 Å². The molecule has 0 amide bonds. The van der Waals surface area contributed by atoms with E-state index in [-0.39, 0.29) is 0 Å². The van der Waals surface area contributed by atoms with E-state index in [0.29, 0.717) is 0 Å². The van der Waals surface area contributed by atoms with Gasteiger partial charge in [0.15, 0.2) is 0 Å². The number of hydrogen-bond acceptors (Lipinski definition) is 2. The molecule has 8 heteroatoms. The van der Waals surface area contributed by atoms with Crippen molar-refractivity contribution in [3.63, 3.8) is 0 Å². The Labute approximate surface area is 87.3 Å². The molecule has 0 aromatic rings. The highest BCUT2D eigenvalue weighted by Crippen LogP contribution is 2.29. The minimum absolute atomic E-state index is 0.679. The van der Waals surface area contributed by atoms with Gasteiger partial charge in [-0.25, -0.2) is 0 Å². The molecule has 0 radical (unpaired) electrons. The zero-order valence-electron chi connectivity index (χ0n) is 5.41. The van der Waals surface area contributed by atoms with Crippen molar-refractivity contribution in [3.05, 3.63) is 0 Å². The van der Waals surface area contributed by atoms with Gasteiger partial charge < -0.3 is 9.84 Å². The smallest absolute Gasteiger partial charge is 0.362 e. The summed E-state index contributed by atoms with van der Waals surface area (Å²) in [5, 5.41) is 4.58. The molecule has 0 saturated heterocycles. The molecule has 0 aromatic carbocycles. The van der Waals surface area contributed by atoms with Crippen LogP contribution in [0.3, 0.4) is 0 Å². The fourth-order valence-electron chi connectivity index (χ4n) is 0.268. The van der Waals surface area contributed by atoms with Gasteiger partial charge in [-0.3, -0.25) is 0 Å². The van der Waals surface area contributed by atoms with Crippen LogP contribution in [0.25, 0.3) is 0 Å². The molecule has 0 aliphatic carbocycles. The molecule has 0 spiro atoms. The Kier molecular flexibility index (Phi) is 4.79. The summed E-state index contributed by atoms with van der Waals surface area (Å²) in [6.45, 7) is -0.679. The Hall–Kier alpha value is 0.940. The van der Waals surface area contributed by atoms with Gasteiger partial charge in [-0.2, -0.15) is 8.78 Å². The zero-order valence-corrected chi connectivity index (χ0v) is 8.43. The van der Waals surface area contributed by atoms with Gasteiger partial charge in [0.2, 0.25) is 10.1 Å². The lowest BCUT2D eigenvalue weighted by Gasteiger charge is -2.18. The second kappa shape index (κ2) is 4.44. The summed E-state index contributed by atoms with van der Waals surface area (Å²) in [7, 11) is 0.